The van der Waals surface area contributed by atoms with Gasteiger partial charge >= 0.3 is 0 Å². The van der Waals surface area contributed by atoms with Gasteiger partial charge in [-0.1, -0.05) is 13.8 Å². The van der Waals surface area contributed by atoms with E-state index in [0.29, 0.717) is 11.6 Å². The zero-order valence-electron chi connectivity index (χ0n) is 14.6. The number of rotatable bonds is 6. The van der Waals surface area contributed by atoms with E-state index in [1.165, 1.54) is 7.11 Å². The van der Waals surface area contributed by atoms with Crippen molar-refractivity contribution >= 4 is 11.3 Å². The van der Waals surface area contributed by atoms with Crippen LogP contribution in [0.5, 0.6) is 11.5 Å². The van der Waals surface area contributed by atoms with Crippen LogP contribution < -0.4 is 10.1 Å². The van der Waals surface area contributed by atoms with Gasteiger partial charge in [0.2, 0.25) is 0 Å². The Bertz CT molecular complexity index is 873. The van der Waals surface area contributed by atoms with E-state index in [0.717, 1.165) is 16.8 Å². The van der Waals surface area contributed by atoms with Crippen molar-refractivity contribution in [2.45, 2.75) is 19.9 Å². The SMILES string of the molecule is COc1cc(-c2ccc3ccc(N[C@H](CO)C(C)C)nn23)ccc1O. The van der Waals surface area contributed by atoms with Crippen LogP contribution in [0, 0.1) is 5.92 Å². The summed E-state index contributed by atoms with van der Waals surface area (Å²) in [5.41, 5.74) is 2.74. The second-order valence-electron chi connectivity index (χ2n) is 6.34. The van der Waals surface area contributed by atoms with E-state index < -0.39 is 0 Å². The maximum absolute atomic E-state index is 9.79. The third-order valence-corrected chi connectivity index (χ3v) is 4.31. The average Bonchev–Trinajstić information content (AvgIpc) is 3.03. The van der Waals surface area contributed by atoms with E-state index in [9.17, 15) is 10.2 Å². The molecule has 0 aliphatic carbocycles. The molecule has 6 nitrogen and oxygen atoms in total. The van der Waals surface area contributed by atoms with Gasteiger partial charge in [0, 0.05) is 5.56 Å². The van der Waals surface area contributed by atoms with Gasteiger partial charge in [0.1, 0.15) is 5.82 Å². The van der Waals surface area contributed by atoms with Crippen LogP contribution in [0.25, 0.3) is 16.8 Å². The number of anilines is 1. The number of aromatic hydroxyl groups is 1. The van der Waals surface area contributed by atoms with E-state index in [2.05, 4.69) is 24.3 Å². The van der Waals surface area contributed by atoms with E-state index in [1.807, 2.05) is 34.8 Å². The summed E-state index contributed by atoms with van der Waals surface area (Å²) in [6.07, 6.45) is 0. The number of phenols is 1. The molecule has 3 aromatic rings. The third-order valence-electron chi connectivity index (χ3n) is 4.31. The highest BCUT2D eigenvalue weighted by atomic mass is 16.5. The topological polar surface area (TPSA) is 79.0 Å². The van der Waals surface area contributed by atoms with Gasteiger partial charge in [-0.3, -0.25) is 0 Å². The molecule has 25 heavy (non-hydrogen) atoms. The molecule has 1 aromatic carbocycles. The van der Waals surface area contributed by atoms with Crippen molar-refractivity contribution < 1.29 is 14.9 Å². The second kappa shape index (κ2) is 7.03. The van der Waals surface area contributed by atoms with E-state index in [4.69, 9.17) is 4.74 Å². The molecule has 132 valence electrons. The standard InChI is InChI=1S/C19H23N3O3/c1-12(2)15(11-23)20-19-9-6-14-5-7-16(22(14)21-19)13-4-8-17(24)18(10-13)25-3/h4-10,12,15,23-24H,11H2,1-3H3,(H,20,21)/t15-/m1/s1. The summed E-state index contributed by atoms with van der Waals surface area (Å²) in [5.74, 6) is 1.50. The number of aliphatic hydroxyl groups is 1. The second-order valence-corrected chi connectivity index (χ2v) is 6.34. The van der Waals surface area contributed by atoms with E-state index in [-0.39, 0.29) is 24.3 Å². The van der Waals surface area contributed by atoms with Crippen molar-refractivity contribution in [3.8, 4) is 22.8 Å². The largest absolute Gasteiger partial charge is 0.504 e. The molecule has 0 aliphatic heterocycles. The number of aromatic nitrogens is 2. The Morgan fingerprint density at radius 2 is 1.92 bits per heavy atom. The van der Waals surface area contributed by atoms with Crippen LogP contribution in [0.2, 0.25) is 0 Å². The molecule has 0 aliphatic rings. The fraction of sp³-hybridized carbons (Fsp3) is 0.316. The number of nitrogens with zero attached hydrogens (tertiary/aromatic N) is 2. The molecule has 2 heterocycles. The molecule has 3 rings (SSSR count). The first-order valence-corrected chi connectivity index (χ1v) is 8.27. The first-order valence-electron chi connectivity index (χ1n) is 8.27. The number of hydrogen-bond donors (Lipinski definition) is 3. The number of fused-ring (bicyclic) bond motifs is 1. The average molecular weight is 341 g/mol. The molecule has 0 fully saturated rings. The highest BCUT2D eigenvalue weighted by molar-refractivity contribution is 5.69. The van der Waals surface area contributed by atoms with Crippen molar-refractivity contribution in [2.24, 2.45) is 5.92 Å². The van der Waals surface area contributed by atoms with Crippen LogP contribution >= 0.6 is 0 Å². The maximum atomic E-state index is 9.79. The fourth-order valence-electron chi connectivity index (χ4n) is 2.73. The van der Waals surface area contributed by atoms with Gasteiger partial charge < -0.3 is 20.3 Å². The molecule has 0 saturated heterocycles. The predicted molar refractivity (Wildman–Crippen MR) is 98.2 cm³/mol. The van der Waals surface area contributed by atoms with Crippen molar-refractivity contribution in [1.82, 2.24) is 9.61 Å². The molecule has 0 amide bonds. The number of methoxy groups -OCH3 is 1. The number of ether oxygens (including phenoxy) is 1. The molecular formula is C19H23N3O3. The van der Waals surface area contributed by atoms with Gasteiger partial charge in [0.15, 0.2) is 11.5 Å². The van der Waals surface area contributed by atoms with Crippen LogP contribution in [-0.2, 0) is 0 Å². The molecule has 0 bridgehead atoms. The molecule has 0 unspecified atom stereocenters. The number of phenolic OH excluding ortho intramolecular Hbond substituents is 1. The molecular weight excluding hydrogens is 318 g/mol. The predicted octanol–water partition coefficient (Wildman–Crippen LogP) is 3.14. The summed E-state index contributed by atoms with van der Waals surface area (Å²) in [6, 6.07) is 13.0. The van der Waals surface area contributed by atoms with Crippen LogP contribution in [0.15, 0.2) is 42.5 Å². The zero-order valence-corrected chi connectivity index (χ0v) is 14.6. The Balaban J connectivity index is 2.01. The van der Waals surface area contributed by atoms with Crippen LogP contribution in [0.1, 0.15) is 13.8 Å². The lowest BCUT2D eigenvalue weighted by Crippen LogP contribution is -2.30. The Morgan fingerprint density at radius 1 is 1.16 bits per heavy atom. The smallest absolute Gasteiger partial charge is 0.161 e. The number of nitrogens with one attached hydrogen (secondary N) is 1. The third kappa shape index (κ3) is 3.39. The molecule has 0 spiro atoms. The van der Waals surface area contributed by atoms with Crippen LogP contribution in [0.4, 0.5) is 5.82 Å². The van der Waals surface area contributed by atoms with E-state index >= 15 is 0 Å². The molecule has 3 N–H and O–H groups in total. The first-order chi connectivity index (χ1) is 12.0. The Kier molecular flexibility index (Phi) is 4.81. The highest BCUT2D eigenvalue weighted by Crippen LogP contribution is 2.32. The minimum atomic E-state index is -0.0577. The number of aliphatic hydroxyl groups excluding tert-OH is 1. The molecule has 6 heteroatoms. The molecule has 0 saturated carbocycles. The highest BCUT2D eigenvalue weighted by Gasteiger charge is 2.14. The van der Waals surface area contributed by atoms with E-state index in [1.54, 1.807) is 12.1 Å². The lowest BCUT2D eigenvalue weighted by molar-refractivity contribution is 0.249. The van der Waals surface area contributed by atoms with Gasteiger partial charge in [-0.15, -0.1) is 5.10 Å². The number of hydrogen-bond acceptors (Lipinski definition) is 5. The minimum Gasteiger partial charge on any atom is -0.504 e. The van der Waals surface area contributed by atoms with Crippen LogP contribution in [-0.4, -0.2) is 39.6 Å². The quantitative estimate of drug-likeness (QED) is 0.642. The normalized spacial score (nSPS) is 12.5. The Morgan fingerprint density at radius 3 is 2.60 bits per heavy atom. The monoisotopic (exact) mass is 341 g/mol. The summed E-state index contributed by atoms with van der Waals surface area (Å²) in [5, 5.41) is 27.2. The summed E-state index contributed by atoms with van der Waals surface area (Å²) >= 11 is 0. The summed E-state index contributed by atoms with van der Waals surface area (Å²) in [6.45, 7) is 4.15. The summed E-state index contributed by atoms with van der Waals surface area (Å²) in [4.78, 5) is 0. The van der Waals surface area contributed by atoms with Gasteiger partial charge in [-0.05, 0) is 48.4 Å². The summed E-state index contributed by atoms with van der Waals surface area (Å²) in [7, 11) is 1.52. The van der Waals surface area contributed by atoms with Gasteiger partial charge in [0.25, 0.3) is 0 Å². The lowest BCUT2D eigenvalue weighted by Gasteiger charge is -2.20. The van der Waals surface area contributed by atoms with Crippen molar-refractivity contribution in [2.75, 3.05) is 19.0 Å². The fourth-order valence-corrected chi connectivity index (χ4v) is 2.73. The van der Waals surface area contributed by atoms with Gasteiger partial charge in [-0.25, -0.2) is 4.52 Å². The Hall–Kier alpha value is -2.73. The lowest BCUT2D eigenvalue weighted by atomic mass is 10.1. The molecule has 1 atom stereocenters. The Labute approximate surface area is 146 Å². The zero-order chi connectivity index (χ0) is 18.0. The van der Waals surface area contributed by atoms with Gasteiger partial charge in [0.05, 0.1) is 31.0 Å². The molecule has 2 aromatic heterocycles. The molecule has 0 radical (unpaired) electrons. The van der Waals surface area contributed by atoms with Crippen LogP contribution in [0.3, 0.4) is 0 Å². The minimum absolute atomic E-state index is 0.0467. The van der Waals surface area contributed by atoms with Gasteiger partial charge in [-0.2, -0.15) is 0 Å². The summed E-state index contributed by atoms with van der Waals surface area (Å²) < 4.78 is 7.03. The van der Waals surface area contributed by atoms with Crippen molar-refractivity contribution in [3.63, 3.8) is 0 Å². The van der Waals surface area contributed by atoms with Crippen molar-refractivity contribution in [3.05, 3.63) is 42.5 Å². The van der Waals surface area contributed by atoms with Crippen molar-refractivity contribution in [1.29, 1.82) is 0 Å². The first kappa shape index (κ1) is 17.1. The maximum Gasteiger partial charge on any atom is 0.161 e. The number of benzene rings is 1.